The molecule has 4 N–H and O–H groups in total. The number of rotatable bonds is 7. The lowest BCUT2D eigenvalue weighted by molar-refractivity contribution is -0.122. The van der Waals surface area contributed by atoms with Gasteiger partial charge in [-0.3, -0.25) is 4.79 Å². The third-order valence-corrected chi connectivity index (χ3v) is 5.62. The molecule has 2 fully saturated rings. The van der Waals surface area contributed by atoms with E-state index in [4.69, 9.17) is 0 Å². The summed E-state index contributed by atoms with van der Waals surface area (Å²) < 4.78 is 0. The fraction of sp³-hybridized carbons (Fsp3) is 0.944. The highest BCUT2D eigenvalue weighted by atomic mass is 16.3. The smallest absolute Gasteiger partial charge is 0.220 e. The first-order valence-corrected chi connectivity index (χ1v) is 9.33. The zero-order chi connectivity index (χ0) is 16.7. The van der Waals surface area contributed by atoms with Crippen molar-refractivity contribution in [2.24, 2.45) is 11.8 Å². The molecule has 0 saturated heterocycles. The summed E-state index contributed by atoms with van der Waals surface area (Å²) in [6, 6.07) is -0.157. The number of hydrogen-bond donors (Lipinski definition) is 4. The Labute approximate surface area is 139 Å². The Morgan fingerprint density at radius 2 is 1.43 bits per heavy atom. The fourth-order valence-corrected chi connectivity index (χ4v) is 4.03. The Balaban J connectivity index is 1.64. The number of aliphatic hydroxyl groups is 3. The number of aliphatic hydroxyl groups excluding tert-OH is 3. The SMILES string of the molecule is O=C(CCC1CCC(O)CC1)NC(CO)CC1CCC(O)CC1. The van der Waals surface area contributed by atoms with Crippen LogP contribution in [0.5, 0.6) is 0 Å². The Hall–Kier alpha value is -0.650. The van der Waals surface area contributed by atoms with E-state index < -0.39 is 0 Å². The molecule has 2 rings (SSSR count). The predicted molar refractivity (Wildman–Crippen MR) is 88.8 cm³/mol. The van der Waals surface area contributed by atoms with Crippen molar-refractivity contribution in [3.8, 4) is 0 Å². The van der Waals surface area contributed by atoms with E-state index in [1.807, 2.05) is 0 Å². The van der Waals surface area contributed by atoms with Crippen LogP contribution in [0, 0.1) is 11.8 Å². The van der Waals surface area contributed by atoms with Gasteiger partial charge in [0.25, 0.3) is 0 Å². The van der Waals surface area contributed by atoms with Crippen LogP contribution < -0.4 is 5.32 Å². The highest BCUT2D eigenvalue weighted by Gasteiger charge is 2.24. The molecule has 2 aliphatic rings. The predicted octanol–water partition coefficient (Wildman–Crippen LogP) is 1.74. The molecule has 0 bridgehead atoms. The summed E-state index contributed by atoms with van der Waals surface area (Å²) in [7, 11) is 0. The summed E-state index contributed by atoms with van der Waals surface area (Å²) >= 11 is 0. The van der Waals surface area contributed by atoms with Crippen molar-refractivity contribution in [1.29, 1.82) is 0 Å². The first kappa shape index (κ1) is 18.7. The van der Waals surface area contributed by atoms with Crippen LogP contribution in [0.2, 0.25) is 0 Å². The van der Waals surface area contributed by atoms with Gasteiger partial charge in [-0.05, 0) is 76.0 Å². The summed E-state index contributed by atoms with van der Waals surface area (Å²) in [5.41, 5.74) is 0. The molecule has 0 aromatic heterocycles. The number of hydrogen-bond acceptors (Lipinski definition) is 4. The normalized spacial score (nSPS) is 33.2. The van der Waals surface area contributed by atoms with Crippen molar-refractivity contribution in [2.45, 2.75) is 88.9 Å². The summed E-state index contributed by atoms with van der Waals surface area (Å²) in [5, 5.41) is 31.5. The van der Waals surface area contributed by atoms with Crippen molar-refractivity contribution < 1.29 is 20.1 Å². The van der Waals surface area contributed by atoms with E-state index in [-0.39, 0.29) is 30.8 Å². The van der Waals surface area contributed by atoms with Crippen LogP contribution in [0.4, 0.5) is 0 Å². The molecule has 23 heavy (non-hydrogen) atoms. The lowest BCUT2D eigenvalue weighted by Crippen LogP contribution is -2.39. The molecule has 0 spiro atoms. The van der Waals surface area contributed by atoms with Gasteiger partial charge in [-0.15, -0.1) is 0 Å². The van der Waals surface area contributed by atoms with E-state index in [0.717, 1.165) is 64.2 Å². The Kier molecular flexibility index (Phi) is 7.80. The maximum absolute atomic E-state index is 12.1. The molecular formula is C18H33NO4. The minimum absolute atomic E-state index is 0.0135. The highest BCUT2D eigenvalue weighted by Crippen LogP contribution is 2.29. The molecule has 1 atom stereocenters. The third kappa shape index (κ3) is 6.77. The fourth-order valence-electron chi connectivity index (χ4n) is 4.03. The maximum Gasteiger partial charge on any atom is 0.220 e. The average molecular weight is 327 g/mol. The van der Waals surface area contributed by atoms with Crippen LogP contribution in [0.25, 0.3) is 0 Å². The van der Waals surface area contributed by atoms with E-state index in [2.05, 4.69) is 5.32 Å². The summed E-state index contributed by atoms with van der Waals surface area (Å²) in [4.78, 5) is 12.1. The zero-order valence-corrected chi connectivity index (χ0v) is 14.1. The highest BCUT2D eigenvalue weighted by molar-refractivity contribution is 5.76. The van der Waals surface area contributed by atoms with Crippen molar-refractivity contribution in [3.63, 3.8) is 0 Å². The van der Waals surface area contributed by atoms with Crippen molar-refractivity contribution >= 4 is 5.91 Å². The second kappa shape index (κ2) is 9.60. The van der Waals surface area contributed by atoms with E-state index in [1.54, 1.807) is 0 Å². The molecule has 0 radical (unpaired) electrons. The van der Waals surface area contributed by atoms with Gasteiger partial charge in [0.05, 0.1) is 24.9 Å². The molecule has 2 aliphatic carbocycles. The first-order chi connectivity index (χ1) is 11.1. The van der Waals surface area contributed by atoms with Gasteiger partial charge >= 0.3 is 0 Å². The third-order valence-electron chi connectivity index (χ3n) is 5.62. The van der Waals surface area contributed by atoms with Crippen LogP contribution in [-0.4, -0.2) is 46.1 Å². The summed E-state index contributed by atoms with van der Waals surface area (Å²) in [6.07, 6.45) is 9.29. The molecule has 0 aromatic carbocycles. The molecule has 0 heterocycles. The second-order valence-corrected chi connectivity index (χ2v) is 7.57. The van der Waals surface area contributed by atoms with Crippen molar-refractivity contribution in [1.82, 2.24) is 5.32 Å². The molecule has 5 nitrogen and oxygen atoms in total. The van der Waals surface area contributed by atoms with E-state index >= 15 is 0 Å². The molecule has 134 valence electrons. The van der Waals surface area contributed by atoms with Crippen LogP contribution in [-0.2, 0) is 4.79 Å². The molecular weight excluding hydrogens is 294 g/mol. The standard InChI is InChI=1S/C18H33NO4/c20-12-15(11-14-3-8-17(22)9-4-14)19-18(23)10-5-13-1-6-16(21)7-2-13/h13-17,20-22H,1-12H2,(H,19,23). The van der Waals surface area contributed by atoms with Gasteiger partial charge in [0, 0.05) is 6.42 Å². The topological polar surface area (TPSA) is 89.8 Å². The zero-order valence-electron chi connectivity index (χ0n) is 14.1. The number of amides is 1. The average Bonchev–Trinajstić information content (AvgIpc) is 2.55. The lowest BCUT2D eigenvalue weighted by atomic mass is 9.83. The van der Waals surface area contributed by atoms with Crippen molar-refractivity contribution in [2.75, 3.05) is 6.61 Å². The van der Waals surface area contributed by atoms with Gasteiger partial charge < -0.3 is 20.6 Å². The Morgan fingerprint density at radius 3 is 1.96 bits per heavy atom. The molecule has 0 aromatic rings. The van der Waals surface area contributed by atoms with E-state index in [9.17, 15) is 20.1 Å². The second-order valence-electron chi connectivity index (χ2n) is 7.57. The van der Waals surface area contributed by atoms with Crippen molar-refractivity contribution in [3.05, 3.63) is 0 Å². The quantitative estimate of drug-likeness (QED) is 0.573. The summed E-state index contributed by atoms with van der Waals surface area (Å²) in [5.74, 6) is 1.08. The lowest BCUT2D eigenvalue weighted by Gasteiger charge is -2.29. The Morgan fingerprint density at radius 1 is 0.913 bits per heavy atom. The first-order valence-electron chi connectivity index (χ1n) is 9.33. The van der Waals surface area contributed by atoms with Gasteiger partial charge in [-0.2, -0.15) is 0 Å². The van der Waals surface area contributed by atoms with Crippen LogP contribution >= 0.6 is 0 Å². The number of carbonyl (C=O) groups excluding carboxylic acids is 1. The summed E-state index contributed by atoms with van der Waals surface area (Å²) in [6.45, 7) is -0.0135. The number of carbonyl (C=O) groups is 1. The van der Waals surface area contributed by atoms with E-state index in [1.165, 1.54) is 0 Å². The van der Waals surface area contributed by atoms with Gasteiger partial charge in [0.1, 0.15) is 0 Å². The monoisotopic (exact) mass is 327 g/mol. The van der Waals surface area contributed by atoms with Crippen LogP contribution in [0.1, 0.15) is 70.6 Å². The largest absolute Gasteiger partial charge is 0.394 e. The maximum atomic E-state index is 12.1. The van der Waals surface area contributed by atoms with Gasteiger partial charge in [-0.1, -0.05) is 0 Å². The van der Waals surface area contributed by atoms with Gasteiger partial charge in [-0.25, -0.2) is 0 Å². The minimum Gasteiger partial charge on any atom is -0.394 e. The molecule has 0 aliphatic heterocycles. The van der Waals surface area contributed by atoms with E-state index in [0.29, 0.717) is 18.3 Å². The molecule has 1 unspecified atom stereocenters. The minimum atomic E-state index is -0.164. The Bertz CT molecular complexity index is 347. The molecule has 5 heteroatoms. The van der Waals surface area contributed by atoms with Gasteiger partial charge in [0.15, 0.2) is 0 Å². The van der Waals surface area contributed by atoms with Gasteiger partial charge in [0.2, 0.25) is 5.91 Å². The van der Waals surface area contributed by atoms with Crippen LogP contribution in [0.3, 0.4) is 0 Å². The molecule has 2 saturated carbocycles. The number of nitrogens with one attached hydrogen (secondary N) is 1. The van der Waals surface area contributed by atoms with Crippen LogP contribution in [0.15, 0.2) is 0 Å². The molecule has 1 amide bonds.